The van der Waals surface area contributed by atoms with Crippen molar-refractivity contribution in [1.82, 2.24) is 0 Å². The molecule has 0 radical (unpaired) electrons. The zero-order chi connectivity index (χ0) is 10.1. The second-order valence-electron chi connectivity index (χ2n) is 2.90. The Labute approximate surface area is 79.7 Å². The number of carboxylic acids is 1. The van der Waals surface area contributed by atoms with Gasteiger partial charge in [0.25, 0.3) is 0 Å². The van der Waals surface area contributed by atoms with E-state index in [0.29, 0.717) is 12.8 Å². The number of allylic oxidation sites excluding steroid dienone is 2. The van der Waals surface area contributed by atoms with E-state index < -0.39 is 5.97 Å². The molecule has 0 spiro atoms. The van der Waals surface area contributed by atoms with Gasteiger partial charge in [-0.1, -0.05) is 19.1 Å². The summed E-state index contributed by atoms with van der Waals surface area (Å²) in [5.41, 5.74) is 0. The van der Waals surface area contributed by atoms with Crippen LogP contribution in [-0.2, 0) is 4.79 Å². The molecule has 2 heteroatoms. The molecule has 0 aromatic rings. The van der Waals surface area contributed by atoms with Gasteiger partial charge in [-0.2, -0.15) is 0 Å². The van der Waals surface area contributed by atoms with E-state index in [4.69, 9.17) is 11.5 Å². The molecular formula is C11H16O2. The topological polar surface area (TPSA) is 37.3 Å². The molecule has 0 rings (SSSR count). The van der Waals surface area contributed by atoms with Crippen molar-refractivity contribution in [3.05, 3.63) is 12.2 Å². The molecular weight excluding hydrogens is 164 g/mol. The van der Waals surface area contributed by atoms with Gasteiger partial charge in [0.15, 0.2) is 0 Å². The average Bonchev–Trinajstić information content (AvgIpc) is 2.10. The van der Waals surface area contributed by atoms with Crippen LogP contribution in [0.25, 0.3) is 0 Å². The third-order valence-corrected chi connectivity index (χ3v) is 1.80. The molecule has 1 atom stereocenters. The first kappa shape index (κ1) is 11.8. The summed E-state index contributed by atoms with van der Waals surface area (Å²) in [5.74, 6) is 1.21. The smallest absolute Gasteiger partial charge is 0.307 e. The minimum atomic E-state index is -0.789. The highest BCUT2D eigenvalue weighted by Gasteiger charge is 2.14. The van der Waals surface area contributed by atoms with Crippen LogP contribution < -0.4 is 0 Å². The fourth-order valence-electron chi connectivity index (χ4n) is 1.04. The third kappa shape index (κ3) is 5.98. The minimum absolute atomic E-state index is 0.329. The Hall–Kier alpha value is -1.23. The summed E-state index contributed by atoms with van der Waals surface area (Å²) in [7, 11) is 0. The van der Waals surface area contributed by atoms with Gasteiger partial charge in [-0.25, -0.2) is 0 Å². The van der Waals surface area contributed by atoms with Crippen LogP contribution in [-0.4, -0.2) is 11.1 Å². The van der Waals surface area contributed by atoms with Crippen molar-refractivity contribution in [3.63, 3.8) is 0 Å². The Bertz CT molecular complexity index is 211. The predicted molar refractivity (Wildman–Crippen MR) is 53.2 cm³/mol. The lowest BCUT2D eigenvalue weighted by Gasteiger charge is -2.05. The van der Waals surface area contributed by atoms with Gasteiger partial charge in [-0.05, 0) is 19.3 Å². The van der Waals surface area contributed by atoms with Gasteiger partial charge in [0.1, 0.15) is 0 Å². The lowest BCUT2D eigenvalue weighted by atomic mass is 10.00. The highest BCUT2D eigenvalue weighted by atomic mass is 16.4. The Balaban J connectivity index is 3.77. The number of carbonyl (C=O) groups is 1. The van der Waals surface area contributed by atoms with Crippen molar-refractivity contribution in [1.29, 1.82) is 0 Å². The molecule has 0 saturated heterocycles. The average molecular weight is 180 g/mol. The molecule has 1 N–H and O–H groups in total. The van der Waals surface area contributed by atoms with Crippen molar-refractivity contribution < 1.29 is 9.90 Å². The lowest BCUT2D eigenvalue weighted by Crippen LogP contribution is -2.12. The molecule has 0 saturated carbocycles. The summed E-state index contributed by atoms with van der Waals surface area (Å²) in [4.78, 5) is 10.6. The Kier molecular flexibility index (Phi) is 6.72. The summed E-state index contributed by atoms with van der Waals surface area (Å²) in [6, 6.07) is 0. The summed E-state index contributed by atoms with van der Waals surface area (Å²) >= 11 is 0. The second-order valence-corrected chi connectivity index (χ2v) is 2.90. The highest BCUT2D eigenvalue weighted by molar-refractivity contribution is 5.70. The maximum Gasteiger partial charge on any atom is 0.307 e. The maximum atomic E-state index is 10.6. The number of hydrogen-bond donors (Lipinski definition) is 1. The molecule has 72 valence electrons. The van der Waals surface area contributed by atoms with Gasteiger partial charge in [-0.15, -0.1) is 12.3 Å². The van der Waals surface area contributed by atoms with Gasteiger partial charge in [0.2, 0.25) is 0 Å². The van der Waals surface area contributed by atoms with Gasteiger partial charge < -0.3 is 5.11 Å². The first-order valence-corrected chi connectivity index (χ1v) is 4.53. The molecule has 0 aliphatic heterocycles. The number of carboxylic acid groups (broad SMARTS) is 1. The molecule has 0 aromatic heterocycles. The van der Waals surface area contributed by atoms with Crippen LogP contribution in [0.1, 0.15) is 32.6 Å². The minimum Gasteiger partial charge on any atom is -0.481 e. The molecule has 0 aliphatic carbocycles. The van der Waals surface area contributed by atoms with Crippen molar-refractivity contribution in [2.24, 2.45) is 5.92 Å². The van der Waals surface area contributed by atoms with Crippen LogP contribution in [0.15, 0.2) is 12.2 Å². The first-order valence-electron chi connectivity index (χ1n) is 4.53. The molecule has 0 heterocycles. The van der Waals surface area contributed by atoms with Gasteiger partial charge in [-0.3, -0.25) is 4.79 Å². The molecule has 13 heavy (non-hydrogen) atoms. The van der Waals surface area contributed by atoms with Crippen LogP contribution in [0.5, 0.6) is 0 Å². The normalized spacial score (nSPS) is 12.6. The van der Waals surface area contributed by atoms with E-state index >= 15 is 0 Å². The SMILES string of the molecule is C#CCC(CC/C=C/CC)C(=O)O. The molecule has 0 aliphatic rings. The quantitative estimate of drug-likeness (QED) is 0.503. The van der Waals surface area contributed by atoms with Crippen molar-refractivity contribution in [2.45, 2.75) is 32.6 Å². The third-order valence-electron chi connectivity index (χ3n) is 1.80. The van der Waals surface area contributed by atoms with Crippen LogP contribution >= 0.6 is 0 Å². The van der Waals surface area contributed by atoms with E-state index in [-0.39, 0.29) is 5.92 Å². The Morgan fingerprint density at radius 2 is 2.31 bits per heavy atom. The Morgan fingerprint density at radius 3 is 2.77 bits per heavy atom. The molecule has 0 bridgehead atoms. The van der Waals surface area contributed by atoms with Crippen LogP contribution in [0, 0.1) is 18.3 Å². The predicted octanol–water partition coefficient (Wildman–Crippen LogP) is 2.46. The summed E-state index contributed by atoms with van der Waals surface area (Å²) in [5, 5.41) is 8.74. The largest absolute Gasteiger partial charge is 0.481 e. The first-order chi connectivity index (χ1) is 6.22. The summed E-state index contributed by atoms with van der Waals surface area (Å²) < 4.78 is 0. The highest BCUT2D eigenvalue weighted by Crippen LogP contribution is 2.11. The van der Waals surface area contributed by atoms with Gasteiger partial charge in [0.05, 0.1) is 5.92 Å². The fourth-order valence-corrected chi connectivity index (χ4v) is 1.04. The number of terminal acetylenes is 1. The number of hydrogen-bond acceptors (Lipinski definition) is 1. The van der Waals surface area contributed by atoms with E-state index in [1.807, 2.05) is 19.1 Å². The zero-order valence-corrected chi connectivity index (χ0v) is 7.99. The second kappa shape index (κ2) is 7.42. The van der Waals surface area contributed by atoms with E-state index in [2.05, 4.69) is 5.92 Å². The monoisotopic (exact) mass is 180 g/mol. The lowest BCUT2D eigenvalue weighted by molar-refractivity contribution is -0.141. The van der Waals surface area contributed by atoms with E-state index in [1.54, 1.807) is 0 Å². The molecule has 2 nitrogen and oxygen atoms in total. The summed E-state index contributed by atoms with van der Waals surface area (Å²) in [6.45, 7) is 2.05. The maximum absolute atomic E-state index is 10.6. The fraction of sp³-hybridized carbons (Fsp3) is 0.545. The standard InChI is InChI=1S/C11H16O2/c1-3-5-6-7-9-10(8-4-2)11(12)13/h2,5-6,10H,3,7-9H2,1H3,(H,12,13)/b6-5+. The molecule has 0 amide bonds. The Morgan fingerprint density at radius 1 is 1.62 bits per heavy atom. The number of rotatable bonds is 6. The van der Waals surface area contributed by atoms with Crippen LogP contribution in [0.3, 0.4) is 0 Å². The van der Waals surface area contributed by atoms with E-state index in [9.17, 15) is 4.79 Å². The van der Waals surface area contributed by atoms with E-state index in [1.165, 1.54) is 0 Å². The van der Waals surface area contributed by atoms with Gasteiger partial charge in [0, 0.05) is 6.42 Å². The molecule has 1 unspecified atom stereocenters. The van der Waals surface area contributed by atoms with Crippen molar-refractivity contribution in [3.8, 4) is 12.3 Å². The van der Waals surface area contributed by atoms with Gasteiger partial charge >= 0.3 is 5.97 Å². The van der Waals surface area contributed by atoms with Crippen LogP contribution in [0.4, 0.5) is 0 Å². The summed E-state index contributed by atoms with van der Waals surface area (Å²) in [6.07, 6.45) is 11.9. The van der Waals surface area contributed by atoms with E-state index in [0.717, 1.165) is 12.8 Å². The van der Waals surface area contributed by atoms with Crippen LogP contribution in [0.2, 0.25) is 0 Å². The number of aliphatic carboxylic acids is 1. The molecule has 0 aromatic carbocycles. The van der Waals surface area contributed by atoms with Crippen molar-refractivity contribution >= 4 is 5.97 Å². The van der Waals surface area contributed by atoms with Crippen molar-refractivity contribution in [2.75, 3.05) is 0 Å². The zero-order valence-electron chi connectivity index (χ0n) is 7.99. The molecule has 0 fully saturated rings.